The number of hydrogen-bond acceptors (Lipinski definition) is 3. The number of aromatic nitrogens is 2. The first-order chi connectivity index (χ1) is 10.2. The molecule has 0 atom stereocenters. The standard InChI is InChI=1S/C16H15N3O2/c1-12-6-7-15(21-12)16(20)18-14-5-2-4-13(10-14)11-19-9-3-8-17-19/h2-10H,11H2,1H3,(H,18,20). The molecule has 0 aliphatic rings. The Morgan fingerprint density at radius 2 is 2.19 bits per heavy atom. The summed E-state index contributed by atoms with van der Waals surface area (Å²) < 4.78 is 7.14. The van der Waals surface area contributed by atoms with E-state index in [1.165, 1.54) is 0 Å². The molecule has 0 bridgehead atoms. The number of furan rings is 1. The van der Waals surface area contributed by atoms with Crippen LogP contribution in [0.4, 0.5) is 5.69 Å². The van der Waals surface area contributed by atoms with Crippen LogP contribution < -0.4 is 5.32 Å². The molecule has 0 unspecified atom stereocenters. The topological polar surface area (TPSA) is 60.1 Å². The van der Waals surface area contributed by atoms with E-state index < -0.39 is 0 Å². The van der Waals surface area contributed by atoms with Crippen LogP contribution in [0.25, 0.3) is 0 Å². The molecule has 1 N–H and O–H groups in total. The summed E-state index contributed by atoms with van der Waals surface area (Å²) in [5.41, 5.74) is 1.80. The van der Waals surface area contributed by atoms with Crippen LogP contribution in [-0.2, 0) is 6.54 Å². The zero-order chi connectivity index (χ0) is 14.7. The molecule has 0 saturated heterocycles. The van der Waals surface area contributed by atoms with Crippen LogP contribution in [0.15, 0.2) is 59.3 Å². The van der Waals surface area contributed by atoms with Crippen molar-refractivity contribution < 1.29 is 9.21 Å². The van der Waals surface area contributed by atoms with E-state index >= 15 is 0 Å². The molecule has 5 nitrogen and oxygen atoms in total. The second-order valence-corrected chi connectivity index (χ2v) is 4.77. The van der Waals surface area contributed by atoms with Crippen LogP contribution in [0.2, 0.25) is 0 Å². The van der Waals surface area contributed by atoms with Crippen molar-refractivity contribution in [2.75, 3.05) is 5.32 Å². The largest absolute Gasteiger partial charge is 0.456 e. The van der Waals surface area contributed by atoms with Crippen molar-refractivity contribution in [3.8, 4) is 0 Å². The minimum atomic E-state index is -0.251. The van der Waals surface area contributed by atoms with Gasteiger partial charge in [-0.15, -0.1) is 0 Å². The third kappa shape index (κ3) is 3.20. The van der Waals surface area contributed by atoms with Crippen LogP contribution in [0, 0.1) is 6.92 Å². The number of aryl methyl sites for hydroxylation is 1. The van der Waals surface area contributed by atoms with Gasteiger partial charge in [0.05, 0.1) is 6.54 Å². The number of hydrogen-bond donors (Lipinski definition) is 1. The molecule has 5 heteroatoms. The first kappa shape index (κ1) is 13.2. The molecule has 3 aromatic rings. The van der Waals surface area contributed by atoms with Crippen molar-refractivity contribution in [3.05, 3.63) is 71.9 Å². The Morgan fingerprint density at radius 1 is 1.29 bits per heavy atom. The smallest absolute Gasteiger partial charge is 0.291 e. The lowest BCUT2D eigenvalue weighted by atomic mass is 10.2. The van der Waals surface area contributed by atoms with Gasteiger partial charge in [0.15, 0.2) is 5.76 Å². The van der Waals surface area contributed by atoms with Gasteiger partial charge >= 0.3 is 0 Å². The maximum atomic E-state index is 12.0. The van der Waals surface area contributed by atoms with Gasteiger partial charge in [0, 0.05) is 18.1 Å². The molecule has 2 heterocycles. The summed E-state index contributed by atoms with van der Waals surface area (Å²) in [7, 11) is 0. The summed E-state index contributed by atoms with van der Waals surface area (Å²) in [6.07, 6.45) is 3.64. The molecule has 2 aromatic heterocycles. The van der Waals surface area contributed by atoms with Crippen LogP contribution in [0.5, 0.6) is 0 Å². The molecule has 0 aliphatic heterocycles. The molecule has 106 valence electrons. The lowest BCUT2D eigenvalue weighted by molar-refractivity contribution is 0.0995. The van der Waals surface area contributed by atoms with Crippen molar-refractivity contribution in [2.45, 2.75) is 13.5 Å². The van der Waals surface area contributed by atoms with E-state index in [0.29, 0.717) is 18.1 Å². The zero-order valence-electron chi connectivity index (χ0n) is 11.6. The van der Waals surface area contributed by atoms with Crippen molar-refractivity contribution in [1.29, 1.82) is 0 Å². The molecule has 0 saturated carbocycles. The van der Waals surface area contributed by atoms with Gasteiger partial charge in [-0.3, -0.25) is 9.48 Å². The van der Waals surface area contributed by atoms with E-state index in [-0.39, 0.29) is 5.91 Å². The predicted octanol–water partition coefficient (Wildman–Crippen LogP) is 3.09. The van der Waals surface area contributed by atoms with Gasteiger partial charge in [-0.1, -0.05) is 12.1 Å². The highest BCUT2D eigenvalue weighted by Crippen LogP contribution is 2.14. The molecular weight excluding hydrogens is 266 g/mol. The summed E-state index contributed by atoms with van der Waals surface area (Å²) in [4.78, 5) is 12.0. The van der Waals surface area contributed by atoms with Crippen LogP contribution in [0.1, 0.15) is 21.9 Å². The van der Waals surface area contributed by atoms with Gasteiger partial charge in [0.25, 0.3) is 5.91 Å². The fraction of sp³-hybridized carbons (Fsp3) is 0.125. The van der Waals surface area contributed by atoms with E-state index in [4.69, 9.17) is 4.42 Å². The van der Waals surface area contributed by atoms with Crippen LogP contribution >= 0.6 is 0 Å². The Hall–Kier alpha value is -2.82. The average Bonchev–Trinajstić information content (AvgIpc) is 3.11. The maximum Gasteiger partial charge on any atom is 0.291 e. The molecule has 0 aliphatic carbocycles. The average molecular weight is 281 g/mol. The quantitative estimate of drug-likeness (QED) is 0.799. The molecule has 0 radical (unpaired) electrons. The van der Waals surface area contributed by atoms with Crippen molar-refractivity contribution in [2.24, 2.45) is 0 Å². The molecule has 1 amide bonds. The number of nitrogens with one attached hydrogen (secondary N) is 1. The summed E-state index contributed by atoms with van der Waals surface area (Å²) in [6, 6.07) is 13.0. The Labute approximate surface area is 122 Å². The fourth-order valence-corrected chi connectivity index (χ4v) is 2.08. The molecule has 0 fully saturated rings. The number of carbonyl (C=O) groups is 1. The fourth-order valence-electron chi connectivity index (χ4n) is 2.08. The number of anilines is 1. The molecule has 0 spiro atoms. The number of rotatable bonds is 4. The van der Waals surface area contributed by atoms with Gasteiger partial charge in [-0.05, 0) is 42.8 Å². The number of carbonyl (C=O) groups excluding carboxylic acids is 1. The second kappa shape index (κ2) is 5.66. The SMILES string of the molecule is Cc1ccc(C(=O)Nc2cccc(Cn3cccn3)c2)o1. The highest BCUT2D eigenvalue weighted by Gasteiger charge is 2.10. The Morgan fingerprint density at radius 3 is 2.90 bits per heavy atom. The van der Waals surface area contributed by atoms with Gasteiger partial charge < -0.3 is 9.73 Å². The highest BCUT2D eigenvalue weighted by molar-refractivity contribution is 6.02. The van der Waals surface area contributed by atoms with Crippen molar-refractivity contribution in [1.82, 2.24) is 9.78 Å². The Bertz CT molecular complexity index is 744. The second-order valence-electron chi connectivity index (χ2n) is 4.77. The van der Waals surface area contributed by atoms with Crippen molar-refractivity contribution >= 4 is 11.6 Å². The predicted molar refractivity (Wildman–Crippen MR) is 79.2 cm³/mol. The first-order valence-electron chi connectivity index (χ1n) is 6.65. The summed E-state index contributed by atoms with van der Waals surface area (Å²) in [5, 5.41) is 7.00. The lowest BCUT2D eigenvalue weighted by Crippen LogP contribution is -2.11. The van der Waals surface area contributed by atoms with Crippen LogP contribution in [-0.4, -0.2) is 15.7 Å². The van der Waals surface area contributed by atoms with Crippen LogP contribution in [0.3, 0.4) is 0 Å². The molecule has 3 rings (SSSR count). The first-order valence-corrected chi connectivity index (χ1v) is 6.65. The van der Waals surface area contributed by atoms with E-state index in [1.54, 1.807) is 18.3 Å². The summed E-state index contributed by atoms with van der Waals surface area (Å²) in [6.45, 7) is 2.47. The summed E-state index contributed by atoms with van der Waals surface area (Å²) in [5.74, 6) is 0.775. The lowest BCUT2D eigenvalue weighted by Gasteiger charge is -2.06. The van der Waals surface area contributed by atoms with E-state index in [9.17, 15) is 4.79 Å². The number of amides is 1. The minimum absolute atomic E-state index is 0.251. The monoisotopic (exact) mass is 281 g/mol. The molecule has 21 heavy (non-hydrogen) atoms. The Kier molecular flexibility index (Phi) is 3.55. The third-order valence-electron chi connectivity index (χ3n) is 3.05. The van der Waals surface area contributed by atoms with E-state index in [2.05, 4.69) is 10.4 Å². The van der Waals surface area contributed by atoms with Gasteiger partial charge in [-0.2, -0.15) is 5.10 Å². The molecule has 1 aromatic carbocycles. The maximum absolute atomic E-state index is 12.0. The molecular formula is C16H15N3O2. The summed E-state index contributed by atoms with van der Waals surface area (Å²) >= 11 is 0. The van der Waals surface area contributed by atoms with E-state index in [1.807, 2.05) is 48.1 Å². The Balaban J connectivity index is 1.72. The van der Waals surface area contributed by atoms with Gasteiger partial charge in [0.2, 0.25) is 0 Å². The third-order valence-corrected chi connectivity index (χ3v) is 3.05. The van der Waals surface area contributed by atoms with E-state index in [0.717, 1.165) is 11.3 Å². The van der Waals surface area contributed by atoms with Gasteiger partial charge in [-0.25, -0.2) is 0 Å². The number of nitrogens with zero attached hydrogens (tertiary/aromatic N) is 2. The number of benzene rings is 1. The normalized spacial score (nSPS) is 10.5. The minimum Gasteiger partial charge on any atom is -0.456 e. The van der Waals surface area contributed by atoms with Crippen molar-refractivity contribution in [3.63, 3.8) is 0 Å². The zero-order valence-corrected chi connectivity index (χ0v) is 11.6. The van der Waals surface area contributed by atoms with Gasteiger partial charge in [0.1, 0.15) is 5.76 Å². The highest BCUT2D eigenvalue weighted by atomic mass is 16.3.